The van der Waals surface area contributed by atoms with Gasteiger partial charge in [0.15, 0.2) is 0 Å². The molecule has 7 heteroatoms. The summed E-state index contributed by atoms with van der Waals surface area (Å²) in [7, 11) is 1.80. The maximum absolute atomic E-state index is 11.8. The van der Waals surface area contributed by atoms with Gasteiger partial charge >= 0.3 is 6.18 Å². The number of hydrogen-bond donors (Lipinski definition) is 1. The lowest BCUT2D eigenvalue weighted by molar-refractivity contribution is -0.178. The van der Waals surface area contributed by atoms with Gasteiger partial charge in [0.05, 0.1) is 0 Å². The maximum atomic E-state index is 11.8. The van der Waals surface area contributed by atoms with E-state index in [1.807, 2.05) is 0 Å². The van der Waals surface area contributed by atoms with Gasteiger partial charge in [-0.1, -0.05) is 0 Å². The van der Waals surface area contributed by atoms with Crippen molar-refractivity contribution in [2.75, 3.05) is 33.4 Å². The third-order valence-corrected chi connectivity index (χ3v) is 2.67. The molecule has 1 unspecified atom stereocenters. The fourth-order valence-corrected chi connectivity index (χ4v) is 1.78. The highest BCUT2D eigenvalue weighted by atomic mass is 19.4. The Morgan fingerprint density at radius 2 is 2.24 bits per heavy atom. The molecule has 1 atom stereocenters. The van der Waals surface area contributed by atoms with Gasteiger partial charge in [-0.25, -0.2) is 0 Å². The number of hydrogen-bond acceptors (Lipinski definition) is 3. The van der Waals surface area contributed by atoms with Crippen molar-refractivity contribution >= 4 is 5.91 Å². The van der Waals surface area contributed by atoms with Crippen LogP contribution in [0.15, 0.2) is 0 Å². The van der Waals surface area contributed by atoms with E-state index in [4.69, 9.17) is 0 Å². The van der Waals surface area contributed by atoms with Crippen molar-refractivity contribution in [3.05, 3.63) is 0 Å². The van der Waals surface area contributed by atoms with Crippen LogP contribution in [0.3, 0.4) is 0 Å². The highest BCUT2D eigenvalue weighted by molar-refractivity contribution is 5.77. The van der Waals surface area contributed by atoms with E-state index in [-0.39, 0.29) is 11.9 Å². The van der Waals surface area contributed by atoms with E-state index < -0.39 is 19.4 Å². The van der Waals surface area contributed by atoms with E-state index in [9.17, 15) is 18.0 Å². The van der Waals surface area contributed by atoms with Crippen LogP contribution in [-0.4, -0.2) is 56.4 Å². The Morgan fingerprint density at radius 3 is 2.82 bits per heavy atom. The van der Waals surface area contributed by atoms with Gasteiger partial charge in [-0.05, 0) is 19.9 Å². The normalized spacial score (nSPS) is 21.6. The number of carbonyl (C=O) groups is 1. The molecular weight excluding hydrogens is 237 g/mol. The summed E-state index contributed by atoms with van der Waals surface area (Å²) in [6.45, 7) is -0.755. The standard InChI is InChI=1S/C10H17F3N2O2/c1-14-8-3-2-4-15(5-8)9(16)6-17-7-10(11,12)13/h8,14H,2-7H2,1H3. The third kappa shape index (κ3) is 5.36. The number of likely N-dealkylation sites (tertiary alicyclic amines) is 1. The van der Waals surface area contributed by atoms with Crippen molar-refractivity contribution in [1.29, 1.82) is 0 Å². The average molecular weight is 254 g/mol. The summed E-state index contributed by atoms with van der Waals surface area (Å²) in [5, 5.41) is 3.05. The number of halogens is 3. The molecule has 1 N–H and O–H groups in total. The number of ether oxygens (including phenoxy) is 1. The molecule has 1 heterocycles. The topological polar surface area (TPSA) is 41.6 Å². The first-order chi connectivity index (χ1) is 7.92. The van der Waals surface area contributed by atoms with Crippen LogP contribution < -0.4 is 5.32 Å². The first-order valence-electron chi connectivity index (χ1n) is 5.52. The molecule has 1 aliphatic heterocycles. The van der Waals surface area contributed by atoms with E-state index >= 15 is 0 Å². The Kier molecular flexibility index (Phi) is 5.20. The number of amides is 1. The summed E-state index contributed by atoms with van der Waals surface area (Å²) in [6.07, 6.45) is -2.55. The van der Waals surface area contributed by atoms with Crippen molar-refractivity contribution in [2.24, 2.45) is 0 Å². The Hall–Kier alpha value is -0.820. The molecule has 1 saturated heterocycles. The molecule has 100 valence electrons. The lowest BCUT2D eigenvalue weighted by Crippen LogP contribution is -2.48. The first kappa shape index (κ1) is 14.2. The Balaban J connectivity index is 2.27. The van der Waals surface area contributed by atoms with Crippen molar-refractivity contribution in [3.63, 3.8) is 0 Å². The molecule has 0 saturated carbocycles. The zero-order valence-corrected chi connectivity index (χ0v) is 9.72. The minimum absolute atomic E-state index is 0.218. The van der Waals surface area contributed by atoms with Gasteiger partial charge in [0.1, 0.15) is 13.2 Å². The second-order valence-electron chi connectivity index (χ2n) is 4.08. The van der Waals surface area contributed by atoms with Crippen LogP contribution >= 0.6 is 0 Å². The summed E-state index contributed by atoms with van der Waals surface area (Å²) in [5.41, 5.74) is 0. The summed E-state index contributed by atoms with van der Waals surface area (Å²) < 4.78 is 39.8. The van der Waals surface area contributed by atoms with Crippen LogP contribution in [0.4, 0.5) is 13.2 Å². The molecule has 0 aliphatic carbocycles. The zero-order valence-electron chi connectivity index (χ0n) is 9.72. The minimum atomic E-state index is -4.38. The van der Waals surface area contributed by atoms with E-state index in [1.54, 1.807) is 11.9 Å². The van der Waals surface area contributed by atoms with Crippen LogP contribution in [-0.2, 0) is 9.53 Å². The monoisotopic (exact) mass is 254 g/mol. The number of nitrogens with one attached hydrogen (secondary N) is 1. The molecule has 1 aliphatic rings. The lowest BCUT2D eigenvalue weighted by atomic mass is 10.1. The van der Waals surface area contributed by atoms with Crippen LogP contribution in [0.5, 0.6) is 0 Å². The van der Waals surface area contributed by atoms with Gasteiger partial charge in [-0.3, -0.25) is 4.79 Å². The molecule has 1 rings (SSSR count). The SMILES string of the molecule is CNC1CCCN(C(=O)COCC(F)(F)F)C1. The van der Waals surface area contributed by atoms with E-state index in [1.165, 1.54) is 0 Å². The zero-order chi connectivity index (χ0) is 12.9. The highest BCUT2D eigenvalue weighted by Gasteiger charge is 2.29. The molecule has 0 radical (unpaired) electrons. The van der Waals surface area contributed by atoms with Gasteiger partial charge in [-0.15, -0.1) is 0 Å². The molecule has 4 nitrogen and oxygen atoms in total. The molecule has 17 heavy (non-hydrogen) atoms. The smallest absolute Gasteiger partial charge is 0.362 e. The Labute approximate surface area is 98.1 Å². The van der Waals surface area contributed by atoms with E-state index in [0.29, 0.717) is 13.1 Å². The summed E-state index contributed by atoms with van der Waals surface area (Å²) in [4.78, 5) is 13.1. The highest BCUT2D eigenvalue weighted by Crippen LogP contribution is 2.15. The maximum Gasteiger partial charge on any atom is 0.411 e. The van der Waals surface area contributed by atoms with Crippen LogP contribution in [0.2, 0.25) is 0 Å². The number of likely N-dealkylation sites (N-methyl/N-ethyl adjacent to an activating group) is 1. The van der Waals surface area contributed by atoms with Crippen LogP contribution in [0.25, 0.3) is 0 Å². The molecule has 0 aromatic rings. The molecular formula is C10H17F3N2O2. The summed E-state index contributed by atoms with van der Waals surface area (Å²) in [5.74, 6) is -0.380. The van der Waals surface area contributed by atoms with Gasteiger partial charge in [0, 0.05) is 19.1 Å². The second kappa shape index (κ2) is 6.20. The largest absolute Gasteiger partial charge is 0.411 e. The summed E-state index contributed by atoms with van der Waals surface area (Å²) in [6, 6.07) is 0.218. The number of piperidine rings is 1. The predicted molar refractivity (Wildman–Crippen MR) is 55.5 cm³/mol. The average Bonchev–Trinajstić information content (AvgIpc) is 2.27. The van der Waals surface area contributed by atoms with Crippen LogP contribution in [0.1, 0.15) is 12.8 Å². The van der Waals surface area contributed by atoms with Crippen molar-refractivity contribution in [1.82, 2.24) is 10.2 Å². The van der Waals surface area contributed by atoms with Gasteiger partial charge in [0.25, 0.3) is 0 Å². The molecule has 0 aromatic heterocycles. The molecule has 0 bridgehead atoms. The van der Waals surface area contributed by atoms with Gasteiger partial charge < -0.3 is 15.0 Å². The number of rotatable bonds is 4. The van der Waals surface area contributed by atoms with Crippen molar-refractivity contribution < 1.29 is 22.7 Å². The predicted octanol–water partition coefficient (Wildman–Crippen LogP) is 0.776. The quantitative estimate of drug-likeness (QED) is 0.806. The van der Waals surface area contributed by atoms with Crippen molar-refractivity contribution in [2.45, 2.75) is 25.1 Å². The van der Waals surface area contributed by atoms with Crippen molar-refractivity contribution in [3.8, 4) is 0 Å². The molecule has 0 aromatic carbocycles. The third-order valence-electron chi connectivity index (χ3n) is 2.67. The van der Waals surface area contributed by atoms with Gasteiger partial charge in [-0.2, -0.15) is 13.2 Å². The lowest BCUT2D eigenvalue weighted by Gasteiger charge is -2.32. The first-order valence-corrected chi connectivity index (χ1v) is 5.52. The van der Waals surface area contributed by atoms with E-state index in [2.05, 4.69) is 10.1 Å². The molecule has 0 spiro atoms. The number of alkyl halides is 3. The Bertz CT molecular complexity index is 258. The second-order valence-corrected chi connectivity index (χ2v) is 4.08. The minimum Gasteiger partial charge on any atom is -0.362 e. The molecule has 1 fully saturated rings. The fourth-order valence-electron chi connectivity index (χ4n) is 1.78. The Morgan fingerprint density at radius 1 is 1.53 bits per heavy atom. The molecule has 1 amide bonds. The van der Waals surface area contributed by atoms with E-state index in [0.717, 1.165) is 12.8 Å². The fraction of sp³-hybridized carbons (Fsp3) is 0.900. The number of carbonyl (C=O) groups excluding carboxylic acids is 1. The number of nitrogens with zero attached hydrogens (tertiary/aromatic N) is 1. The van der Waals surface area contributed by atoms with Gasteiger partial charge in [0.2, 0.25) is 5.91 Å². The summed E-state index contributed by atoms with van der Waals surface area (Å²) >= 11 is 0. The van der Waals surface area contributed by atoms with Crippen LogP contribution in [0, 0.1) is 0 Å².